The molecule has 0 aromatic heterocycles. The van der Waals surface area contributed by atoms with Crippen LogP contribution in [0.25, 0.3) is 0 Å². The number of nitrogens with one attached hydrogen (secondary N) is 1. The molecule has 1 amide bonds. The van der Waals surface area contributed by atoms with Gasteiger partial charge >= 0.3 is 0 Å². The molecule has 0 saturated heterocycles. The first-order valence-electron chi connectivity index (χ1n) is 7.65. The lowest BCUT2D eigenvalue weighted by Gasteiger charge is -2.28. The Labute approximate surface area is 120 Å². The minimum Gasteiger partial charge on any atom is -0.508 e. The zero-order chi connectivity index (χ0) is 14.3. The van der Waals surface area contributed by atoms with E-state index in [-0.39, 0.29) is 17.7 Å². The van der Waals surface area contributed by atoms with Gasteiger partial charge in [-0.25, -0.2) is 0 Å². The van der Waals surface area contributed by atoms with Crippen LogP contribution in [0.15, 0.2) is 18.2 Å². The first kappa shape index (κ1) is 13.5. The highest BCUT2D eigenvalue weighted by Crippen LogP contribution is 2.49. The van der Waals surface area contributed by atoms with Crippen molar-refractivity contribution in [2.75, 3.05) is 0 Å². The zero-order valence-electron chi connectivity index (χ0n) is 12.2. The molecular formula is C17H23NO2. The van der Waals surface area contributed by atoms with Crippen molar-refractivity contribution in [1.82, 2.24) is 5.32 Å². The van der Waals surface area contributed by atoms with Gasteiger partial charge in [0.25, 0.3) is 5.91 Å². The fraction of sp³-hybridized carbons (Fsp3) is 0.588. The van der Waals surface area contributed by atoms with Gasteiger partial charge in [0.15, 0.2) is 0 Å². The summed E-state index contributed by atoms with van der Waals surface area (Å²) in [6.45, 7) is 4.00. The second kappa shape index (κ2) is 5.12. The molecule has 2 saturated carbocycles. The number of hydrogen-bond donors (Lipinski definition) is 2. The smallest absolute Gasteiger partial charge is 0.251 e. The highest BCUT2D eigenvalue weighted by atomic mass is 16.3. The quantitative estimate of drug-likeness (QED) is 0.888. The number of carbonyl (C=O) groups excluding carboxylic acids is 1. The molecule has 20 heavy (non-hydrogen) atoms. The lowest BCUT2D eigenvalue weighted by Crippen LogP contribution is -2.40. The molecule has 2 aliphatic rings. The van der Waals surface area contributed by atoms with Gasteiger partial charge < -0.3 is 10.4 Å². The maximum atomic E-state index is 12.4. The number of fused-ring (bicyclic) bond motifs is 2. The Morgan fingerprint density at radius 2 is 2.15 bits per heavy atom. The summed E-state index contributed by atoms with van der Waals surface area (Å²) in [5.41, 5.74) is 1.49. The Balaban J connectivity index is 1.66. The van der Waals surface area contributed by atoms with E-state index >= 15 is 0 Å². The summed E-state index contributed by atoms with van der Waals surface area (Å²) >= 11 is 0. The normalized spacial score (nSPS) is 29.4. The Morgan fingerprint density at radius 3 is 2.75 bits per heavy atom. The number of phenolic OH excluding ortho intramolecular Hbond substituents is 1. The number of rotatable bonds is 3. The average Bonchev–Trinajstić information content (AvgIpc) is 3.00. The van der Waals surface area contributed by atoms with Gasteiger partial charge in [0.05, 0.1) is 0 Å². The number of amides is 1. The van der Waals surface area contributed by atoms with Crippen molar-refractivity contribution >= 4 is 5.91 Å². The average molecular weight is 273 g/mol. The van der Waals surface area contributed by atoms with Crippen molar-refractivity contribution in [3.63, 3.8) is 0 Å². The molecule has 0 heterocycles. The van der Waals surface area contributed by atoms with Gasteiger partial charge in [-0.05, 0) is 74.6 Å². The predicted octanol–water partition coefficient (Wildman–Crippen LogP) is 3.26. The zero-order valence-corrected chi connectivity index (χ0v) is 12.2. The largest absolute Gasteiger partial charge is 0.508 e. The molecule has 108 valence electrons. The highest BCUT2D eigenvalue weighted by molar-refractivity contribution is 5.95. The molecule has 2 fully saturated rings. The second-order valence-electron chi connectivity index (χ2n) is 6.60. The van der Waals surface area contributed by atoms with Crippen LogP contribution in [0.2, 0.25) is 0 Å². The molecule has 3 heteroatoms. The van der Waals surface area contributed by atoms with Crippen LogP contribution in [0.3, 0.4) is 0 Å². The second-order valence-corrected chi connectivity index (χ2v) is 6.60. The third-order valence-electron chi connectivity index (χ3n) is 5.25. The lowest BCUT2D eigenvalue weighted by molar-refractivity contribution is 0.0914. The molecule has 1 aromatic carbocycles. The molecule has 0 spiro atoms. The Morgan fingerprint density at radius 1 is 1.35 bits per heavy atom. The minimum atomic E-state index is -0.0160. The molecule has 2 aliphatic carbocycles. The fourth-order valence-corrected chi connectivity index (χ4v) is 4.20. The first-order chi connectivity index (χ1) is 9.54. The number of hydrogen-bond acceptors (Lipinski definition) is 2. The maximum Gasteiger partial charge on any atom is 0.251 e. The predicted molar refractivity (Wildman–Crippen MR) is 78.7 cm³/mol. The highest BCUT2D eigenvalue weighted by Gasteiger charge is 2.42. The van der Waals surface area contributed by atoms with Gasteiger partial charge in [-0.3, -0.25) is 4.79 Å². The Hall–Kier alpha value is -1.51. The van der Waals surface area contributed by atoms with E-state index in [1.165, 1.54) is 25.7 Å². The Bertz CT molecular complexity index is 526. The van der Waals surface area contributed by atoms with Crippen LogP contribution in [0.1, 0.15) is 48.5 Å². The van der Waals surface area contributed by atoms with Crippen molar-refractivity contribution in [2.24, 2.45) is 17.8 Å². The topological polar surface area (TPSA) is 49.3 Å². The molecule has 3 nitrogen and oxygen atoms in total. The SMILES string of the molecule is Cc1cc(O)ccc1C(=O)NC(C)C1CC2CCC1C2. The number of benzene rings is 1. The molecule has 4 atom stereocenters. The van der Waals surface area contributed by atoms with Gasteiger partial charge in [-0.1, -0.05) is 6.42 Å². The number of aryl methyl sites for hydroxylation is 1. The van der Waals surface area contributed by atoms with Gasteiger partial charge in [0.1, 0.15) is 5.75 Å². The number of phenols is 1. The molecule has 0 radical (unpaired) electrons. The van der Waals surface area contributed by atoms with Crippen molar-refractivity contribution in [1.29, 1.82) is 0 Å². The molecule has 4 unspecified atom stereocenters. The summed E-state index contributed by atoms with van der Waals surface area (Å²) < 4.78 is 0. The van der Waals surface area contributed by atoms with E-state index in [9.17, 15) is 9.90 Å². The summed E-state index contributed by atoms with van der Waals surface area (Å²) in [7, 11) is 0. The van der Waals surface area contributed by atoms with Crippen LogP contribution in [0.4, 0.5) is 0 Å². The molecule has 1 aromatic rings. The minimum absolute atomic E-state index is 0.0160. The van der Waals surface area contributed by atoms with Crippen LogP contribution >= 0.6 is 0 Å². The summed E-state index contributed by atoms with van der Waals surface area (Å²) in [6.07, 6.45) is 5.37. The van der Waals surface area contributed by atoms with Crippen LogP contribution in [0.5, 0.6) is 5.75 Å². The van der Waals surface area contributed by atoms with E-state index in [1.807, 2.05) is 6.92 Å². The van der Waals surface area contributed by atoms with E-state index in [4.69, 9.17) is 0 Å². The molecule has 2 bridgehead atoms. The standard InChI is InChI=1S/C17H23NO2/c1-10-7-14(19)5-6-15(10)17(20)18-11(2)16-9-12-3-4-13(16)8-12/h5-7,11-13,16,19H,3-4,8-9H2,1-2H3,(H,18,20). The van der Waals surface area contributed by atoms with Crippen LogP contribution < -0.4 is 5.32 Å². The van der Waals surface area contributed by atoms with Crippen LogP contribution in [-0.2, 0) is 0 Å². The van der Waals surface area contributed by atoms with Gasteiger partial charge in [-0.15, -0.1) is 0 Å². The van der Waals surface area contributed by atoms with Gasteiger partial charge in [-0.2, -0.15) is 0 Å². The van der Waals surface area contributed by atoms with Crippen molar-refractivity contribution in [3.8, 4) is 5.75 Å². The maximum absolute atomic E-state index is 12.4. The van der Waals surface area contributed by atoms with Crippen molar-refractivity contribution in [3.05, 3.63) is 29.3 Å². The summed E-state index contributed by atoms with van der Waals surface area (Å²) in [5, 5.41) is 12.6. The van der Waals surface area contributed by atoms with Gasteiger partial charge in [0, 0.05) is 11.6 Å². The number of carbonyl (C=O) groups is 1. The third-order valence-corrected chi connectivity index (χ3v) is 5.25. The number of aromatic hydroxyl groups is 1. The van der Waals surface area contributed by atoms with E-state index in [0.29, 0.717) is 11.5 Å². The van der Waals surface area contributed by atoms with E-state index < -0.39 is 0 Å². The van der Waals surface area contributed by atoms with E-state index in [1.54, 1.807) is 18.2 Å². The third kappa shape index (κ3) is 2.41. The van der Waals surface area contributed by atoms with E-state index in [0.717, 1.165) is 17.4 Å². The fourth-order valence-electron chi connectivity index (χ4n) is 4.20. The monoisotopic (exact) mass is 273 g/mol. The van der Waals surface area contributed by atoms with Crippen LogP contribution in [-0.4, -0.2) is 17.1 Å². The summed E-state index contributed by atoms with van der Waals surface area (Å²) in [5.74, 6) is 2.56. The van der Waals surface area contributed by atoms with Gasteiger partial charge in [0.2, 0.25) is 0 Å². The molecular weight excluding hydrogens is 250 g/mol. The van der Waals surface area contributed by atoms with E-state index in [2.05, 4.69) is 12.2 Å². The molecule has 0 aliphatic heterocycles. The molecule has 2 N–H and O–H groups in total. The molecule has 3 rings (SSSR count). The summed E-state index contributed by atoms with van der Waals surface area (Å²) in [4.78, 5) is 12.4. The first-order valence-corrected chi connectivity index (χ1v) is 7.65. The van der Waals surface area contributed by atoms with Crippen molar-refractivity contribution in [2.45, 2.75) is 45.6 Å². The van der Waals surface area contributed by atoms with Crippen LogP contribution in [0, 0.1) is 24.7 Å². The lowest BCUT2D eigenvalue weighted by atomic mass is 9.84. The summed E-state index contributed by atoms with van der Waals surface area (Å²) in [6, 6.07) is 5.15. The van der Waals surface area contributed by atoms with Crippen molar-refractivity contribution < 1.29 is 9.90 Å². The Kier molecular flexibility index (Phi) is 3.45.